The third kappa shape index (κ3) is 2.48. The number of nitrogens with two attached hydrogens (primary N) is 1. The molecule has 0 bridgehead atoms. The number of fused-ring (bicyclic) bond motifs is 1. The summed E-state index contributed by atoms with van der Waals surface area (Å²) in [6.45, 7) is 3.34. The van der Waals surface area contributed by atoms with Gasteiger partial charge in [-0.2, -0.15) is 0 Å². The zero-order chi connectivity index (χ0) is 13.1. The Hall–Kier alpha value is -1.55. The largest absolute Gasteiger partial charge is 0.391 e. The summed E-state index contributed by atoms with van der Waals surface area (Å²) < 4.78 is 0. The van der Waals surface area contributed by atoms with Gasteiger partial charge in [-0.1, -0.05) is 25.1 Å². The highest BCUT2D eigenvalue weighted by Gasteiger charge is 2.28. The Bertz CT molecular complexity index is 434. The first-order chi connectivity index (χ1) is 8.63. The Morgan fingerprint density at radius 3 is 2.94 bits per heavy atom. The first kappa shape index (κ1) is 12.9. The first-order valence-corrected chi connectivity index (χ1v) is 6.44. The summed E-state index contributed by atoms with van der Waals surface area (Å²) in [5.74, 6) is -0.464. The van der Waals surface area contributed by atoms with Crippen LogP contribution in [-0.2, 0) is 4.79 Å². The van der Waals surface area contributed by atoms with Gasteiger partial charge >= 0.3 is 0 Å². The summed E-state index contributed by atoms with van der Waals surface area (Å²) in [5, 5.41) is 9.78. The molecule has 98 valence electrons. The molecule has 2 rings (SSSR count). The number of carbonyl (C=O) groups excluding carboxylic acids is 1. The molecule has 1 aliphatic rings. The molecule has 18 heavy (non-hydrogen) atoms. The summed E-state index contributed by atoms with van der Waals surface area (Å²) >= 11 is 0. The molecule has 4 nitrogen and oxygen atoms in total. The number of anilines is 1. The van der Waals surface area contributed by atoms with Crippen LogP contribution in [0.15, 0.2) is 24.3 Å². The second-order valence-electron chi connectivity index (χ2n) is 4.81. The molecule has 0 aromatic heterocycles. The van der Waals surface area contributed by atoms with Gasteiger partial charge in [-0.25, -0.2) is 0 Å². The number of amides is 1. The van der Waals surface area contributed by atoms with Crippen molar-refractivity contribution >= 4 is 11.6 Å². The number of aliphatic hydroxyl groups is 1. The highest BCUT2D eigenvalue weighted by atomic mass is 16.3. The number of aliphatic hydroxyl groups excluding tert-OH is 1. The maximum atomic E-state index is 11.5. The lowest BCUT2D eigenvalue weighted by Crippen LogP contribution is -2.39. The van der Waals surface area contributed by atoms with E-state index < -0.39 is 0 Å². The summed E-state index contributed by atoms with van der Waals surface area (Å²) in [5.41, 5.74) is 7.46. The fourth-order valence-electron chi connectivity index (χ4n) is 2.50. The number of hydrogen-bond donors (Lipinski definition) is 2. The number of β-amino-alcohol motifs (C(OH)–C–C–N with tert-alkyl or cyclic N) is 1. The van der Waals surface area contributed by atoms with Crippen molar-refractivity contribution < 1.29 is 9.90 Å². The predicted octanol–water partition coefficient (Wildman–Crippen LogP) is 1.24. The molecule has 1 unspecified atom stereocenters. The van der Waals surface area contributed by atoms with Crippen LogP contribution < -0.4 is 10.6 Å². The van der Waals surface area contributed by atoms with E-state index in [1.165, 1.54) is 0 Å². The van der Waals surface area contributed by atoms with E-state index in [2.05, 4.69) is 4.90 Å². The van der Waals surface area contributed by atoms with Crippen LogP contribution in [0.5, 0.6) is 0 Å². The van der Waals surface area contributed by atoms with Gasteiger partial charge < -0.3 is 15.7 Å². The summed E-state index contributed by atoms with van der Waals surface area (Å²) in [6.07, 6.45) is 1.13. The fourth-order valence-corrected chi connectivity index (χ4v) is 2.50. The molecule has 0 fully saturated rings. The lowest BCUT2D eigenvalue weighted by Gasteiger charge is -2.35. The van der Waals surface area contributed by atoms with E-state index in [0.717, 1.165) is 30.6 Å². The molecule has 0 aliphatic carbocycles. The van der Waals surface area contributed by atoms with E-state index >= 15 is 0 Å². The molecular formula is C14H20N2O2. The summed E-state index contributed by atoms with van der Waals surface area (Å²) in [6, 6.07) is 7.82. The van der Waals surface area contributed by atoms with Crippen molar-refractivity contribution in [3.05, 3.63) is 29.8 Å². The van der Waals surface area contributed by atoms with Crippen LogP contribution in [0.1, 0.15) is 31.2 Å². The number of hydrogen-bond acceptors (Lipinski definition) is 3. The Morgan fingerprint density at radius 1 is 1.56 bits per heavy atom. The molecule has 4 heteroatoms. The molecule has 0 saturated carbocycles. The van der Waals surface area contributed by atoms with Crippen molar-refractivity contribution in [2.24, 2.45) is 5.73 Å². The average Bonchev–Trinajstić information content (AvgIpc) is 2.38. The van der Waals surface area contributed by atoms with Crippen LogP contribution in [0.25, 0.3) is 0 Å². The van der Waals surface area contributed by atoms with Gasteiger partial charge in [0, 0.05) is 18.8 Å². The predicted molar refractivity (Wildman–Crippen MR) is 71.5 cm³/mol. The van der Waals surface area contributed by atoms with Crippen molar-refractivity contribution in [1.82, 2.24) is 0 Å². The normalized spacial score (nSPS) is 20.3. The topological polar surface area (TPSA) is 66.6 Å². The van der Waals surface area contributed by atoms with E-state index in [4.69, 9.17) is 5.73 Å². The van der Waals surface area contributed by atoms with Crippen molar-refractivity contribution in [2.75, 3.05) is 18.0 Å². The molecule has 0 spiro atoms. The van der Waals surface area contributed by atoms with Crippen LogP contribution in [-0.4, -0.2) is 30.2 Å². The van der Waals surface area contributed by atoms with Crippen LogP contribution in [0.4, 0.5) is 5.69 Å². The molecule has 1 amide bonds. The fraction of sp³-hybridized carbons (Fsp3) is 0.500. The van der Waals surface area contributed by atoms with E-state index in [0.29, 0.717) is 6.54 Å². The van der Waals surface area contributed by atoms with Gasteiger partial charge in [0.1, 0.15) is 0 Å². The summed E-state index contributed by atoms with van der Waals surface area (Å²) in [4.78, 5) is 13.6. The lowest BCUT2D eigenvalue weighted by atomic mass is 9.89. The molecule has 0 radical (unpaired) electrons. The van der Waals surface area contributed by atoms with Crippen LogP contribution >= 0.6 is 0 Å². The number of para-hydroxylation sites is 1. The highest BCUT2D eigenvalue weighted by molar-refractivity contribution is 5.85. The van der Waals surface area contributed by atoms with E-state index in [1.807, 2.05) is 31.2 Å². The van der Waals surface area contributed by atoms with Gasteiger partial charge in [0.2, 0.25) is 5.91 Å². The van der Waals surface area contributed by atoms with Gasteiger partial charge in [-0.05, 0) is 24.5 Å². The van der Waals surface area contributed by atoms with Gasteiger partial charge in [0.15, 0.2) is 0 Å². The quantitative estimate of drug-likeness (QED) is 0.842. The van der Waals surface area contributed by atoms with Crippen molar-refractivity contribution in [1.29, 1.82) is 0 Å². The second kappa shape index (κ2) is 5.40. The Labute approximate surface area is 107 Å². The Morgan fingerprint density at radius 2 is 2.28 bits per heavy atom. The zero-order valence-electron chi connectivity index (χ0n) is 10.7. The lowest BCUT2D eigenvalue weighted by molar-refractivity contribution is -0.119. The van der Waals surface area contributed by atoms with E-state index in [9.17, 15) is 9.90 Å². The maximum absolute atomic E-state index is 11.5. The Balaban J connectivity index is 2.27. The third-order valence-electron chi connectivity index (χ3n) is 3.59. The average molecular weight is 248 g/mol. The van der Waals surface area contributed by atoms with Crippen LogP contribution in [0, 0.1) is 0 Å². The number of primary amides is 1. The minimum Gasteiger partial charge on any atom is -0.391 e. The maximum Gasteiger partial charge on any atom is 0.225 e. The molecule has 1 aromatic rings. The van der Waals surface area contributed by atoms with Gasteiger partial charge in [0.05, 0.1) is 12.0 Å². The van der Waals surface area contributed by atoms with E-state index in [-0.39, 0.29) is 17.9 Å². The first-order valence-electron chi connectivity index (χ1n) is 6.44. The summed E-state index contributed by atoms with van der Waals surface area (Å²) in [7, 11) is 0. The van der Waals surface area contributed by atoms with E-state index in [1.54, 1.807) is 0 Å². The molecule has 1 aromatic carbocycles. The number of benzene rings is 1. The standard InChI is InChI=1S/C14H20N2O2/c1-2-10(17)9-16-8-7-12(14(15)18)11-5-3-4-6-13(11)16/h3-6,10,12,17H,2,7-9H2,1H3,(H2,15,18)/t10-,12?/m1/s1. The molecule has 0 saturated heterocycles. The molecule has 3 N–H and O–H groups in total. The zero-order valence-corrected chi connectivity index (χ0v) is 10.7. The minimum atomic E-state index is -0.330. The second-order valence-corrected chi connectivity index (χ2v) is 4.81. The monoisotopic (exact) mass is 248 g/mol. The third-order valence-corrected chi connectivity index (χ3v) is 3.59. The number of carbonyl (C=O) groups is 1. The van der Waals surface area contributed by atoms with Gasteiger partial charge in [-0.15, -0.1) is 0 Å². The number of nitrogens with zero attached hydrogens (tertiary/aromatic N) is 1. The van der Waals surface area contributed by atoms with Crippen molar-refractivity contribution in [2.45, 2.75) is 31.8 Å². The SMILES string of the molecule is CC[C@@H](O)CN1CCC(C(N)=O)c2ccccc21. The van der Waals surface area contributed by atoms with Crippen molar-refractivity contribution in [3.63, 3.8) is 0 Å². The number of rotatable bonds is 4. The van der Waals surface area contributed by atoms with Gasteiger partial charge in [0.25, 0.3) is 0 Å². The molecule has 1 aliphatic heterocycles. The molecule has 2 atom stereocenters. The highest BCUT2D eigenvalue weighted by Crippen LogP contribution is 2.34. The van der Waals surface area contributed by atoms with Crippen molar-refractivity contribution in [3.8, 4) is 0 Å². The van der Waals surface area contributed by atoms with Gasteiger partial charge in [-0.3, -0.25) is 4.79 Å². The Kier molecular flexibility index (Phi) is 3.87. The molecular weight excluding hydrogens is 228 g/mol. The minimum absolute atomic E-state index is 0.198. The molecule has 1 heterocycles. The smallest absolute Gasteiger partial charge is 0.225 e. The van der Waals surface area contributed by atoms with Crippen LogP contribution in [0.3, 0.4) is 0 Å². The van der Waals surface area contributed by atoms with Crippen LogP contribution in [0.2, 0.25) is 0 Å².